The zero-order valence-electron chi connectivity index (χ0n) is 14.8. The van der Waals surface area contributed by atoms with Gasteiger partial charge in [-0.15, -0.1) is 0 Å². The van der Waals surface area contributed by atoms with E-state index >= 15 is 0 Å². The Bertz CT molecular complexity index is 902. The molecule has 0 saturated carbocycles. The molecule has 0 aliphatic heterocycles. The van der Waals surface area contributed by atoms with Gasteiger partial charge in [-0.05, 0) is 37.6 Å². The predicted molar refractivity (Wildman–Crippen MR) is 103 cm³/mol. The number of nitrogens with zero attached hydrogens (tertiary/aromatic N) is 3. The van der Waals surface area contributed by atoms with Crippen molar-refractivity contribution in [3.05, 3.63) is 54.2 Å². The van der Waals surface area contributed by atoms with Crippen LogP contribution in [-0.4, -0.2) is 26.7 Å². The molecule has 0 spiro atoms. The van der Waals surface area contributed by atoms with Crippen LogP contribution in [0.25, 0.3) is 16.9 Å². The minimum Gasteiger partial charge on any atom is -0.384 e. The maximum Gasteiger partial charge on any atom is 0.242 e. The first kappa shape index (κ1) is 17.6. The second kappa shape index (κ2) is 7.37. The van der Waals surface area contributed by atoms with Crippen LogP contribution in [0.15, 0.2) is 48.7 Å². The highest BCUT2D eigenvalue weighted by Crippen LogP contribution is 2.30. The molecular formula is C19H22N6O. The third-order valence-corrected chi connectivity index (χ3v) is 4.20. The van der Waals surface area contributed by atoms with E-state index in [4.69, 9.17) is 16.6 Å². The highest BCUT2D eigenvalue weighted by molar-refractivity contribution is 5.95. The molecule has 0 saturated heterocycles. The van der Waals surface area contributed by atoms with Crippen LogP contribution >= 0.6 is 0 Å². The number of amides is 1. The predicted octanol–water partition coefficient (Wildman–Crippen LogP) is 2.50. The molecule has 1 aromatic carbocycles. The third-order valence-electron chi connectivity index (χ3n) is 4.20. The molecule has 7 heteroatoms. The van der Waals surface area contributed by atoms with Gasteiger partial charge in [-0.1, -0.05) is 25.1 Å². The van der Waals surface area contributed by atoms with Crippen molar-refractivity contribution in [2.24, 2.45) is 5.73 Å². The SMILES string of the molecule is CCC(N)C(=O)Nc1c(C)c(-c2ccc(N)nc2)nn1-c1ccccc1. The van der Waals surface area contributed by atoms with Crippen molar-refractivity contribution in [1.29, 1.82) is 0 Å². The van der Waals surface area contributed by atoms with Crippen LogP contribution in [0, 0.1) is 6.92 Å². The lowest BCUT2D eigenvalue weighted by atomic mass is 10.1. The molecule has 0 fully saturated rings. The average Bonchev–Trinajstić information content (AvgIpc) is 2.99. The van der Waals surface area contributed by atoms with Crippen LogP contribution in [0.5, 0.6) is 0 Å². The van der Waals surface area contributed by atoms with Gasteiger partial charge in [0.05, 0.1) is 17.4 Å². The van der Waals surface area contributed by atoms with Gasteiger partial charge in [0.15, 0.2) is 0 Å². The monoisotopic (exact) mass is 350 g/mol. The van der Waals surface area contributed by atoms with Crippen molar-refractivity contribution >= 4 is 17.5 Å². The minimum atomic E-state index is -0.574. The number of para-hydroxylation sites is 1. The van der Waals surface area contributed by atoms with Crippen LogP contribution in [0.4, 0.5) is 11.6 Å². The van der Waals surface area contributed by atoms with E-state index in [1.54, 1.807) is 16.9 Å². The normalized spacial score (nSPS) is 12.0. The molecular weight excluding hydrogens is 328 g/mol. The number of nitrogens with one attached hydrogen (secondary N) is 1. The van der Waals surface area contributed by atoms with Gasteiger partial charge in [-0.25, -0.2) is 9.67 Å². The number of aromatic nitrogens is 3. The molecule has 5 N–H and O–H groups in total. The standard InChI is InChI=1S/C19H22N6O/c1-3-15(20)19(26)23-18-12(2)17(13-9-10-16(21)22-11-13)24-25(18)14-7-5-4-6-8-14/h4-11,15H,3,20H2,1-2H3,(H2,21,22)(H,23,26). The topological polar surface area (TPSA) is 112 Å². The minimum absolute atomic E-state index is 0.241. The Kier molecular flexibility index (Phi) is 4.99. The number of hydrogen-bond acceptors (Lipinski definition) is 5. The summed E-state index contributed by atoms with van der Waals surface area (Å²) < 4.78 is 1.71. The fourth-order valence-electron chi connectivity index (χ4n) is 2.61. The average molecular weight is 350 g/mol. The number of carbonyl (C=O) groups excluding carboxylic acids is 1. The highest BCUT2D eigenvalue weighted by atomic mass is 16.2. The maximum atomic E-state index is 12.4. The van der Waals surface area contributed by atoms with Gasteiger partial charge >= 0.3 is 0 Å². The summed E-state index contributed by atoms with van der Waals surface area (Å²) in [4.78, 5) is 16.5. The van der Waals surface area contributed by atoms with Crippen molar-refractivity contribution in [3.63, 3.8) is 0 Å². The smallest absolute Gasteiger partial charge is 0.242 e. The molecule has 26 heavy (non-hydrogen) atoms. The Hall–Kier alpha value is -3.19. The van der Waals surface area contributed by atoms with Crippen molar-refractivity contribution in [1.82, 2.24) is 14.8 Å². The number of nitrogens with two attached hydrogens (primary N) is 2. The molecule has 3 aromatic rings. The first-order chi connectivity index (χ1) is 12.5. The van der Waals surface area contributed by atoms with Crippen molar-refractivity contribution < 1.29 is 4.79 Å². The van der Waals surface area contributed by atoms with Gasteiger partial charge in [0.25, 0.3) is 0 Å². The van der Waals surface area contributed by atoms with E-state index in [2.05, 4.69) is 10.3 Å². The van der Waals surface area contributed by atoms with Gasteiger partial charge in [-0.3, -0.25) is 4.79 Å². The number of rotatable bonds is 5. The van der Waals surface area contributed by atoms with Crippen LogP contribution in [0.2, 0.25) is 0 Å². The van der Waals surface area contributed by atoms with E-state index in [1.165, 1.54) is 0 Å². The Morgan fingerprint density at radius 1 is 1.23 bits per heavy atom. The zero-order chi connectivity index (χ0) is 18.7. The van der Waals surface area contributed by atoms with Crippen LogP contribution in [-0.2, 0) is 4.79 Å². The van der Waals surface area contributed by atoms with Gasteiger partial charge < -0.3 is 16.8 Å². The molecule has 0 aliphatic carbocycles. The first-order valence-corrected chi connectivity index (χ1v) is 8.44. The van der Waals surface area contributed by atoms with E-state index in [0.717, 1.165) is 22.5 Å². The van der Waals surface area contributed by atoms with E-state index in [-0.39, 0.29) is 5.91 Å². The van der Waals surface area contributed by atoms with Gasteiger partial charge in [0, 0.05) is 17.3 Å². The molecule has 1 amide bonds. The molecule has 0 radical (unpaired) electrons. The van der Waals surface area contributed by atoms with Crippen molar-refractivity contribution in [2.75, 3.05) is 11.1 Å². The summed E-state index contributed by atoms with van der Waals surface area (Å²) in [6.07, 6.45) is 2.22. The Morgan fingerprint density at radius 2 is 1.96 bits per heavy atom. The summed E-state index contributed by atoms with van der Waals surface area (Å²) in [6.45, 7) is 3.78. The third kappa shape index (κ3) is 3.43. The van der Waals surface area contributed by atoms with Crippen molar-refractivity contribution in [2.45, 2.75) is 26.3 Å². The Morgan fingerprint density at radius 3 is 2.58 bits per heavy atom. The molecule has 7 nitrogen and oxygen atoms in total. The molecule has 0 bridgehead atoms. The van der Waals surface area contributed by atoms with Gasteiger partial charge in [-0.2, -0.15) is 5.10 Å². The first-order valence-electron chi connectivity index (χ1n) is 8.44. The zero-order valence-corrected chi connectivity index (χ0v) is 14.8. The number of pyridine rings is 1. The Balaban J connectivity index is 2.11. The number of benzene rings is 1. The quantitative estimate of drug-likeness (QED) is 0.654. The molecule has 2 aromatic heterocycles. The maximum absolute atomic E-state index is 12.4. The largest absolute Gasteiger partial charge is 0.384 e. The summed E-state index contributed by atoms with van der Waals surface area (Å²) in [5.41, 5.74) is 14.8. The number of carbonyl (C=O) groups is 1. The van der Waals surface area contributed by atoms with E-state index in [9.17, 15) is 4.79 Å². The van der Waals surface area contributed by atoms with Crippen molar-refractivity contribution in [3.8, 4) is 16.9 Å². The second-order valence-corrected chi connectivity index (χ2v) is 6.05. The van der Waals surface area contributed by atoms with Crippen LogP contribution < -0.4 is 16.8 Å². The lowest BCUT2D eigenvalue weighted by molar-refractivity contribution is -0.117. The van der Waals surface area contributed by atoms with Crippen LogP contribution in [0.3, 0.4) is 0 Å². The number of anilines is 2. The molecule has 134 valence electrons. The molecule has 2 heterocycles. The second-order valence-electron chi connectivity index (χ2n) is 6.05. The molecule has 3 rings (SSSR count). The van der Waals surface area contributed by atoms with Crippen LogP contribution in [0.1, 0.15) is 18.9 Å². The number of nitrogen functional groups attached to an aromatic ring is 1. The van der Waals surface area contributed by atoms with Gasteiger partial charge in [0.1, 0.15) is 11.6 Å². The summed E-state index contributed by atoms with van der Waals surface area (Å²) in [5, 5.41) is 7.62. The summed E-state index contributed by atoms with van der Waals surface area (Å²) in [5.74, 6) is 0.794. The molecule has 1 atom stereocenters. The van der Waals surface area contributed by atoms with E-state index in [0.29, 0.717) is 18.1 Å². The Labute approximate surface area is 152 Å². The summed E-state index contributed by atoms with van der Waals surface area (Å²) >= 11 is 0. The molecule has 0 aliphatic rings. The van der Waals surface area contributed by atoms with E-state index in [1.807, 2.05) is 50.2 Å². The fourth-order valence-corrected chi connectivity index (χ4v) is 2.61. The summed E-state index contributed by atoms with van der Waals surface area (Å²) in [6, 6.07) is 12.6. The van der Waals surface area contributed by atoms with E-state index < -0.39 is 6.04 Å². The lowest BCUT2D eigenvalue weighted by Crippen LogP contribution is -2.35. The molecule has 1 unspecified atom stereocenters. The highest BCUT2D eigenvalue weighted by Gasteiger charge is 2.21. The fraction of sp³-hybridized carbons (Fsp3) is 0.211. The number of hydrogen-bond donors (Lipinski definition) is 3. The van der Waals surface area contributed by atoms with Gasteiger partial charge in [0.2, 0.25) is 5.91 Å². The lowest BCUT2D eigenvalue weighted by Gasteiger charge is -2.13. The summed E-state index contributed by atoms with van der Waals surface area (Å²) in [7, 11) is 0.